The van der Waals surface area contributed by atoms with Gasteiger partial charge in [0.15, 0.2) is 0 Å². The van der Waals surface area contributed by atoms with Crippen molar-refractivity contribution in [1.82, 2.24) is 0 Å². The molecule has 0 saturated heterocycles. The van der Waals surface area contributed by atoms with Crippen LogP contribution in [0.4, 0.5) is 0 Å². The average Bonchev–Trinajstić information content (AvgIpc) is 2.21. The molecule has 0 spiro atoms. The van der Waals surface area contributed by atoms with Crippen LogP contribution in [0.15, 0.2) is 0 Å². The number of rotatable bonds is 5. The highest BCUT2D eigenvalue weighted by Crippen LogP contribution is 2.26. The molecule has 1 atom stereocenters. The monoisotopic (exact) mass is 286 g/mol. The molecule has 0 saturated carbocycles. The van der Waals surface area contributed by atoms with Crippen molar-refractivity contribution < 1.29 is 23.9 Å². The van der Waals surface area contributed by atoms with E-state index in [0.717, 1.165) is 0 Å². The van der Waals surface area contributed by atoms with Crippen LogP contribution in [0.5, 0.6) is 0 Å². The zero-order valence-electron chi connectivity index (χ0n) is 13.5. The van der Waals surface area contributed by atoms with Gasteiger partial charge in [-0.1, -0.05) is 0 Å². The van der Waals surface area contributed by atoms with Gasteiger partial charge in [-0.3, -0.25) is 9.59 Å². The summed E-state index contributed by atoms with van der Waals surface area (Å²) >= 11 is 0. The van der Waals surface area contributed by atoms with Gasteiger partial charge in [0.05, 0.1) is 0 Å². The van der Waals surface area contributed by atoms with Crippen molar-refractivity contribution in [2.24, 2.45) is 5.41 Å². The Morgan fingerprint density at radius 1 is 0.900 bits per heavy atom. The molecule has 1 unspecified atom stereocenters. The number of ether oxygens (including phenoxy) is 2. The Labute approximate surface area is 121 Å². The SMILES string of the molecule is CC(C)(C)OC(=O)CCC(C)(C=O)C(=O)OC(C)(C)C. The average molecular weight is 286 g/mol. The molecule has 0 aromatic heterocycles. The standard InChI is InChI=1S/C15H26O5/c1-13(2,3)19-11(17)8-9-15(7,10-16)12(18)20-14(4,5)6/h10H,8-9H2,1-7H3. The minimum absolute atomic E-state index is 0.00818. The van der Waals surface area contributed by atoms with Gasteiger partial charge in [-0.15, -0.1) is 0 Å². The predicted molar refractivity (Wildman–Crippen MR) is 75.1 cm³/mol. The van der Waals surface area contributed by atoms with E-state index in [1.165, 1.54) is 6.92 Å². The molecule has 0 N–H and O–H groups in total. The molecule has 0 heterocycles. The van der Waals surface area contributed by atoms with Gasteiger partial charge in [-0.2, -0.15) is 0 Å². The number of carbonyl (C=O) groups excluding carboxylic acids is 3. The van der Waals surface area contributed by atoms with E-state index in [4.69, 9.17) is 9.47 Å². The van der Waals surface area contributed by atoms with Crippen LogP contribution in [0.2, 0.25) is 0 Å². The molecule has 0 radical (unpaired) electrons. The van der Waals surface area contributed by atoms with Gasteiger partial charge in [0, 0.05) is 6.42 Å². The summed E-state index contributed by atoms with van der Waals surface area (Å²) < 4.78 is 10.4. The van der Waals surface area contributed by atoms with Crippen molar-refractivity contribution in [3.05, 3.63) is 0 Å². The van der Waals surface area contributed by atoms with Crippen molar-refractivity contribution >= 4 is 18.2 Å². The molecule has 0 rings (SSSR count). The lowest BCUT2D eigenvalue weighted by molar-refractivity contribution is -0.168. The fourth-order valence-electron chi connectivity index (χ4n) is 1.36. The summed E-state index contributed by atoms with van der Waals surface area (Å²) in [7, 11) is 0. The fraction of sp³-hybridized carbons (Fsp3) is 0.800. The molecule has 5 nitrogen and oxygen atoms in total. The Bertz CT molecular complexity index is 373. The van der Waals surface area contributed by atoms with E-state index in [1.54, 1.807) is 41.5 Å². The van der Waals surface area contributed by atoms with Crippen LogP contribution in [-0.2, 0) is 23.9 Å². The zero-order valence-corrected chi connectivity index (χ0v) is 13.5. The molecule has 0 fully saturated rings. The Balaban J connectivity index is 4.64. The maximum atomic E-state index is 12.0. The Morgan fingerprint density at radius 3 is 1.70 bits per heavy atom. The van der Waals surface area contributed by atoms with E-state index >= 15 is 0 Å². The van der Waals surface area contributed by atoms with E-state index in [2.05, 4.69) is 0 Å². The quantitative estimate of drug-likeness (QED) is 0.441. The van der Waals surface area contributed by atoms with E-state index < -0.39 is 28.6 Å². The van der Waals surface area contributed by atoms with Crippen LogP contribution in [0.25, 0.3) is 0 Å². The maximum absolute atomic E-state index is 12.0. The van der Waals surface area contributed by atoms with Gasteiger partial charge in [0.2, 0.25) is 0 Å². The molecule has 116 valence electrons. The number of aldehydes is 1. The summed E-state index contributed by atoms with van der Waals surface area (Å²) in [4.78, 5) is 34.8. The number of hydrogen-bond acceptors (Lipinski definition) is 5. The topological polar surface area (TPSA) is 69.7 Å². The minimum Gasteiger partial charge on any atom is -0.460 e. The minimum atomic E-state index is -1.33. The summed E-state index contributed by atoms with van der Waals surface area (Å²) in [5.74, 6) is -1.06. The summed E-state index contributed by atoms with van der Waals surface area (Å²) in [5, 5.41) is 0. The summed E-state index contributed by atoms with van der Waals surface area (Å²) in [6, 6.07) is 0. The lowest BCUT2D eigenvalue weighted by Crippen LogP contribution is -2.37. The van der Waals surface area contributed by atoms with Crippen LogP contribution in [-0.4, -0.2) is 29.4 Å². The predicted octanol–water partition coefficient (Wildman–Crippen LogP) is 2.66. The van der Waals surface area contributed by atoms with Gasteiger partial charge < -0.3 is 14.3 Å². The molecule has 20 heavy (non-hydrogen) atoms. The third-order valence-electron chi connectivity index (χ3n) is 2.39. The van der Waals surface area contributed by atoms with E-state index in [-0.39, 0.29) is 12.8 Å². The number of esters is 2. The molecule has 0 amide bonds. The van der Waals surface area contributed by atoms with Gasteiger partial charge in [0.25, 0.3) is 0 Å². The summed E-state index contributed by atoms with van der Waals surface area (Å²) in [6.45, 7) is 11.9. The lowest BCUT2D eigenvalue weighted by atomic mass is 9.87. The Kier molecular flexibility index (Phi) is 5.93. The van der Waals surface area contributed by atoms with Crippen LogP contribution in [0.1, 0.15) is 61.3 Å². The van der Waals surface area contributed by atoms with Crippen molar-refractivity contribution in [3.8, 4) is 0 Å². The van der Waals surface area contributed by atoms with Gasteiger partial charge >= 0.3 is 11.9 Å². The maximum Gasteiger partial charge on any atom is 0.319 e. The highest BCUT2D eigenvalue weighted by molar-refractivity contribution is 5.93. The van der Waals surface area contributed by atoms with Crippen molar-refractivity contribution in [1.29, 1.82) is 0 Å². The Morgan fingerprint density at radius 2 is 1.35 bits per heavy atom. The number of carbonyl (C=O) groups is 3. The van der Waals surface area contributed by atoms with E-state index in [0.29, 0.717) is 6.29 Å². The van der Waals surface area contributed by atoms with E-state index in [1.807, 2.05) is 0 Å². The molecule has 0 aromatic rings. The first-order chi connectivity index (χ1) is 8.79. The normalized spacial score (nSPS) is 15.2. The molecule has 0 aliphatic heterocycles. The second kappa shape index (κ2) is 6.37. The van der Waals surface area contributed by atoms with Crippen molar-refractivity contribution in [2.45, 2.75) is 72.5 Å². The zero-order chi connectivity index (χ0) is 16.2. The summed E-state index contributed by atoms with van der Waals surface area (Å²) in [6.07, 6.45) is 0.595. The van der Waals surface area contributed by atoms with Crippen molar-refractivity contribution in [2.75, 3.05) is 0 Å². The molecule has 0 aliphatic carbocycles. The van der Waals surface area contributed by atoms with Crippen LogP contribution in [0, 0.1) is 5.41 Å². The molecular formula is C15H26O5. The molecule has 0 bridgehead atoms. The van der Waals surface area contributed by atoms with Crippen LogP contribution >= 0.6 is 0 Å². The second-order valence-corrected chi connectivity index (χ2v) is 7.12. The lowest BCUT2D eigenvalue weighted by Gasteiger charge is -2.27. The molecule has 0 aliphatic rings. The third-order valence-corrected chi connectivity index (χ3v) is 2.39. The fourth-order valence-corrected chi connectivity index (χ4v) is 1.36. The molecular weight excluding hydrogens is 260 g/mol. The van der Waals surface area contributed by atoms with Gasteiger partial charge in [-0.25, -0.2) is 0 Å². The summed E-state index contributed by atoms with van der Waals surface area (Å²) in [5.41, 5.74) is -2.59. The van der Waals surface area contributed by atoms with Crippen molar-refractivity contribution in [3.63, 3.8) is 0 Å². The first kappa shape index (κ1) is 18.6. The first-order valence-corrected chi connectivity index (χ1v) is 6.71. The first-order valence-electron chi connectivity index (χ1n) is 6.71. The molecule has 0 aromatic carbocycles. The highest BCUT2D eigenvalue weighted by Gasteiger charge is 2.37. The van der Waals surface area contributed by atoms with Gasteiger partial charge in [0.1, 0.15) is 22.9 Å². The second-order valence-electron chi connectivity index (χ2n) is 7.12. The third kappa shape index (κ3) is 7.26. The Hall–Kier alpha value is -1.39. The largest absolute Gasteiger partial charge is 0.460 e. The van der Waals surface area contributed by atoms with E-state index in [9.17, 15) is 14.4 Å². The molecule has 5 heteroatoms. The van der Waals surface area contributed by atoms with Gasteiger partial charge in [-0.05, 0) is 54.9 Å². The smallest absolute Gasteiger partial charge is 0.319 e. The highest BCUT2D eigenvalue weighted by atomic mass is 16.6. The number of hydrogen-bond donors (Lipinski definition) is 0. The van der Waals surface area contributed by atoms with Crippen LogP contribution < -0.4 is 0 Å². The van der Waals surface area contributed by atoms with Crippen LogP contribution in [0.3, 0.4) is 0 Å².